The van der Waals surface area contributed by atoms with Gasteiger partial charge in [0.15, 0.2) is 12.4 Å². The van der Waals surface area contributed by atoms with E-state index in [0.717, 1.165) is 37.0 Å². The highest BCUT2D eigenvalue weighted by molar-refractivity contribution is 5.91. The maximum absolute atomic E-state index is 12.5. The molecule has 0 N–H and O–H groups in total. The van der Waals surface area contributed by atoms with Crippen molar-refractivity contribution in [3.8, 4) is 0 Å². The van der Waals surface area contributed by atoms with Gasteiger partial charge in [0, 0.05) is 26.2 Å². The number of ether oxygens (including phenoxy) is 1. The number of amides is 2. The molecule has 5 aliphatic rings. The lowest BCUT2D eigenvalue weighted by molar-refractivity contribution is -0.158. The minimum absolute atomic E-state index is 0.132. The van der Waals surface area contributed by atoms with Crippen molar-refractivity contribution in [1.29, 1.82) is 0 Å². The van der Waals surface area contributed by atoms with E-state index < -0.39 is 0 Å². The molecule has 7 nitrogen and oxygen atoms in total. The number of hydrogen-bond acceptors (Lipinski definition) is 5. The van der Waals surface area contributed by atoms with Crippen LogP contribution in [0.25, 0.3) is 0 Å². The lowest BCUT2D eigenvalue weighted by Crippen LogP contribution is -2.51. The van der Waals surface area contributed by atoms with Crippen molar-refractivity contribution in [2.45, 2.75) is 44.9 Å². The maximum Gasteiger partial charge on any atom is 0.306 e. The highest BCUT2D eigenvalue weighted by Gasteiger charge is 2.51. The van der Waals surface area contributed by atoms with Crippen LogP contribution >= 0.6 is 0 Å². The lowest BCUT2D eigenvalue weighted by atomic mass is 9.49. The third-order valence-corrected chi connectivity index (χ3v) is 7.69. The molecule has 1 aromatic rings. The average Bonchev–Trinajstić information content (AvgIpc) is 3.25. The summed E-state index contributed by atoms with van der Waals surface area (Å²) >= 11 is 0. The van der Waals surface area contributed by atoms with E-state index >= 15 is 0 Å². The Labute approximate surface area is 176 Å². The number of nitrogens with zero attached hydrogens (tertiary/aromatic N) is 2. The molecule has 0 atom stereocenters. The molecule has 30 heavy (non-hydrogen) atoms. The quantitative estimate of drug-likeness (QED) is 0.692. The van der Waals surface area contributed by atoms with E-state index in [4.69, 9.17) is 9.15 Å². The highest BCUT2D eigenvalue weighted by atomic mass is 16.5. The first-order chi connectivity index (χ1) is 14.5. The molecule has 2 heterocycles. The van der Waals surface area contributed by atoms with Crippen LogP contribution in [-0.2, 0) is 14.3 Å². The van der Waals surface area contributed by atoms with Crippen molar-refractivity contribution >= 4 is 17.8 Å². The van der Waals surface area contributed by atoms with Gasteiger partial charge in [0.25, 0.3) is 11.8 Å². The van der Waals surface area contributed by atoms with Crippen LogP contribution in [0.2, 0.25) is 0 Å². The van der Waals surface area contributed by atoms with Crippen LogP contribution in [0.5, 0.6) is 0 Å². The molecular weight excluding hydrogens is 384 g/mol. The van der Waals surface area contributed by atoms with Crippen LogP contribution in [0.4, 0.5) is 0 Å². The van der Waals surface area contributed by atoms with Gasteiger partial charge < -0.3 is 19.0 Å². The average molecular weight is 415 g/mol. The van der Waals surface area contributed by atoms with Crippen molar-refractivity contribution in [3.05, 3.63) is 24.2 Å². The van der Waals surface area contributed by atoms with Crippen LogP contribution in [0.3, 0.4) is 0 Å². The molecule has 7 heteroatoms. The van der Waals surface area contributed by atoms with Gasteiger partial charge in [-0.25, -0.2) is 0 Å². The monoisotopic (exact) mass is 414 g/mol. The summed E-state index contributed by atoms with van der Waals surface area (Å²) in [5.74, 6) is 2.14. The number of rotatable bonds is 5. The highest BCUT2D eigenvalue weighted by Crippen LogP contribution is 2.61. The number of carbonyl (C=O) groups excluding carboxylic acids is 3. The molecule has 4 aliphatic carbocycles. The zero-order valence-electron chi connectivity index (χ0n) is 17.4. The van der Waals surface area contributed by atoms with Crippen LogP contribution in [0, 0.1) is 23.2 Å². The van der Waals surface area contributed by atoms with E-state index in [1.54, 1.807) is 21.9 Å². The SMILES string of the molecule is O=C(CC12CC3CC(CC(C3)C1)C2)OCC(=O)N1CCN(C(=O)c2ccco2)CC1. The molecular formula is C23H30N2O5. The number of hydrogen-bond donors (Lipinski definition) is 0. The predicted molar refractivity (Wildman–Crippen MR) is 107 cm³/mol. The zero-order valence-corrected chi connectivity index (χ0v) is 17.4. The Balaban J connectivity index is 1.07. The second-order valence-electron chi connectivity index (χ2n) is 9.91. The molecule has 0 spiro atoms. The zero-order chi connectivity index (χ0) is 20.7. The van der Waals surface area contributed by atoms with Gasteiger partial charge in [-0.15, -0.1) is 0 Å². The van der Waals surface area contributed by atoms with E-state index in [-0.39, 0.29) is 29.8 Å². The van der Waals surface area contributed by atoms with Crippen LogP contribution < -0.4 is 0 Å². The van der Waals surface area contributed by atoms with E-state index in [2.05, 4.69) is 0 Å². The summed E-state index contributed by atoms with van der Waals surface area (Å²) in [6.45, 7) is 1.59. The molecule has 5 fully saturated rings. The minimum Gasteiger partial charge on any atom is -0.459 e. The molecule has 0 unspecified atom stereocenters. The molecule has 1 aromatic heterocycles. The van der Waals surface area contributed by atoms with Crippen molar-refractivity contribution in [2.75, 3.05) is 32.8 Å². The molecule has 1 aliphatic heterocycles. The molecule has 0 aromatic carbocycles. The van der Waals surface area contributed by atoms with Crippen molar-refractivity contribution < 1.29 is 23.5 Å². The van der Waals surface area contributed by atoms with Gasteiger partial charge in [0.1, 0.15) is 0 Å². The number of piperazine rings is 1. The fraction of sp³-hybridized carbons (Fsp3) is 0.696. The first kappa shape index (κ1) is 19.6. The molecule has 4 saturated carbocycles. The van der Waals surface area contributed by atoms with Gasteiger partial charge in [-0.2, -0.15) is 0 Å². The van der Waals surface area contributed by atoms with Crippen LogP contribution in [0.15, 0.2) is 22.8 Å². The van der Waals surface area contributed by atoms with Gasteiger partial charge in [0.2, 0.25) is 0 Å². The number of carbonyl (C=O) groups is 3. The Morgan fingerprint density at radius 2 is 1.57 bits per heavy atom. The first-order valence-corrected chi connectivity index (χ1v) is 11.3. The predicted octanol–water partition coefficient (Wildman–Crippen LogP) is 2.71. The van der Waals surface area contributed by atoms with Crippen LogP contribution in [0.1, 0.15) is 55.5 Å². The molecule has 6 rings (SSSR count). The smallest absolute Gasteiger partial charge is 0.306 e. The van der Waals surface area contributed by atoms with Crippen molar-refractivity contribution in [2.24, 2.45) is 23.2 Å². The first-order valence-electron chi connectivity index (χ1n) is 11.3. The van der Waals surface area contributed by atoms with E-state index in [1.807, 2.05) is 0 Å². The summed E-state index contributed by atoms with van der Waals surface area (Å²) in [6.07, 6.45) is 9.47. The van der Waals surface area contributed by atoms with Gasteiger partial charge in [-0.05, 0) is 73.8 Å². The second-order valence-corrected chi connectivity index (χ2v) is 9.91. The number of furan rings is 1. The van der Waals surface area contributed by atoms with Gasteiger partial charge >= 0.3 is 5.97 Å². The summed E-state index contributed by atoms with van der Waals surface area (Å²) in [7, 11) is 0. The summed E-state index contributed by atoms with van der Waals surface area (Å²) < 4.78 is 10.6. The standard InChI is InChI=1S/C23H30N2O5/c26-20(24-3-5-25(6-4-24)22(28)19-2-1-7-29-19)15-30-21(27)14-23-11-16-8-17(12-23)10-18(9-16)13-23/h1-2,7,16-18H,3-6,8-15H2. The van der Waals surface area contributed by atoms with E-state index in [1.165, 1.54) is 25.5 Å². The Morgan fingerprint density at radius 3 is 2.13 bits per heavy atom. The van der Waals surface area contributed by atoms with Crippen molar-refractivity contribution in [1.82, 2.24) is 9.80 Å². The lowest BCUT2D eigenvalue weighted by Gasteiger charge is -2.56. The third-order valence-electron chi connectivity index (χ3n) is 7.69. The van der Waals surface area contributed by atoms with Gasteiger partial charge in [-0.1, -0.05) is 0 Å². The molecule has 0 radical (unpaired) electrons. The topological polar surface area (TPSA) is 80.1 Å². The summed E-state index contributed by atoms with van der Waals surface area (Å²) in [5.41, 5.74) is 0.132. The normalized spacial score (nSPS) is 32.3. The molecule has 2 amide bonds. The van der Waals surface area contributed by atoms with Crippen molar-refractivity contribution in [3.63, 3.8) is 0 Å². The largest absolute Gasteiger partial charge is 0.459 e. The molecule has 4 bridgehead atoms. The molecule has 1 saturated heterocycles. The van der Waals surface area contributed by atoms with E-state index in [9.17, 15) is 14.4 Å². The Bertz CT molecular complexity index is 774. The third kappa shape index (κ3) is 3.86. The number of esters is 1. The summed E-state index contributed by atoms with van der Waals surface area (Å²) in [6, 6.07) is 3.33. The Morgan fingerprint density at radius 1 is 0.967 bits per heavy atom. The fourth-order valence-corrected chi connectivity index (χ4v) is 6.81. The maximum atomic E-state index is 12.5. The van der Waals surface area contributed by atoms with Gasteiger partial charge in [-0.3, -0.25) is 14.4 Å². The Hall–Kier alpha value is -2.31. The Kier molecular flexibility index (Phi) is 5.07. The van der Waals surface area contributed by atoms with Crippen LogP contribution in [-0.4, -0.2) is 60.4 Å². The second kappa shape index (κ2) is 7.75. The van der Waals surface area contributed by atoms with Gasteiger partial charge in [0.05, 0.1) is 12.7 Å². The minimum atomic E-state index is -0.225. The fourth-order valence-electron chi connectivity index (χ4n) is 6.81. The molecule has 162 valence electrons. The summed E-state index contributed by atoms with van der Waals surface area (Å²) in [4.78, 5) is 40.7. The summed E-state index contributed by atoms with van der Waals surface area (Å²) in [5, 5.41) is 0. The van der Waals surface area contributed by atoms with E-state index in [0.29, 0.717) is 38.4 Å².